The van der Waals surface area contributed by atoms with Crippen LogP contribution < -0.4 is 10.5 Å². The standard InChI is InChI=1S/C14H17ClN2O/c1-8(2)6-9-7-11(16)13-10(15)4-5-12(18-3)14(13)17-9/h4-5,7-8H,6H2,1-3H3,(H2,16,17). The molecule has 3 nitrogen and oxygen atoms in total. The number of hydrogen-bond donors (Lipinski definition) is 1. The summed E-state index contributed by atoms with van der Waals surface area (Å²) in [6, 6.07) is 5.49. The molecule has 0 radical (unpaired) electrons. The number of rotatable bonds is 3. The van der Waals surface area contributed by atoms with E-state index < -0.39 is 0 Å². The normalized spacial score (nSPS) is 11.2. The molecule has 2 rings (SSSR count). The van der Waals surface area contributed by atoms with Crippen LogP contribution in [0.3, 0.4) is 0 Å². The van der Waals surface area contributed by atoms with Gasteiger partial charge < -0.3 is 10.5 Å². The number of nitrogens with two attached hydrogens (primary N) is 1. The average molecular weight is 265 g/mol. The molecule has 0 amide bonds. The van der Waals surface area contributed by atoms with Crippen molar-refractivity contribution in [1.82, 2.24) is 4.98 Å². The third kappa shape index (κ3) is 2.36. The number of fused-ring (bicyclic) bond motifs is 1. The quantitative estimate of drug-likeness (QED) is 0.920. The van der Waals surface area contributed by atoms with Crippen molar-refractivity contribution in [2.45, 2.75) is 20.3 Å². The lowest BCUT2D eigenvalue weighted by atomic mass is 10.1. The summed E-state index contributed by atoms with van der Waals surface area (Å²) in [7, 11) is 1.62. The highest BCUT2D eigenvalue weighted by molar-refractivity contribution is 6.36. The van der Waals surface area contributed by atoms with Gasteiger partial charge in [-0.1, -0.05) is 25.4 Å². The van der Waals surface area contributed by atoms with Gasteiger partial charge in [0, 0.05) is 16.8 Å². The van der Waals surface area contributed by atoms with Crippen molar-refractivity contribution in [3.8, 4) is 5.75 Å². The van der Waals surface area contributed by atoms with E-state index in [4.69, 9.17) is 22.1 Å². The first-order valence-corrected chi connectivity index (χ1v) is 6.32. The lowest BCUT2D eigenvalue weighted by Gasteiger charge is -2.12. The van der Waals surface area contributed by atoms with Gasteiger partial charge in [-0.2, -0.15) is 0 Å². The first-order chi connectivity index (χ1) is 8.52. The van der Waals surface area contributed by atoms with Gasteiger partial charge in [-0.15, -0.1) is 0 Å². The fourth-order valence-corrected chi connectivity index (χ4v) is 2.31. The molecule has 0 aliphatic heterocycles. The molecule has 1 aromatic carbocycles. The van der Waals surface area contributed by atoms with Gasteiger partial charge in [0.15, 0.2) is 0 Å². The van der Waals surface area contributed by atoms with Gasteiger partial charge in [0.25, 0.3) is 0 Å². The van der Waals surface area contributed by atoms with Crippen LogP contribution in [0.1, 0.15) is 19.5 Å². The first-order valence-electron chi connectivity index (χ1n) is 5.94. The van der Waals surface area contributed by atoms with E-state index in [9.17, 15) is 0 Å². The minimum atomic E-state index is 0.527. The summed E-state index contributed by atoms with van der Waals surface area (Å²) in [5.41, 5.74) is 8.43. The van der Waals surface area contributed by atoms with Crippen molar-refractivity contribution in [2.24, 2.45) is 5.92 Å². The lowest BCUT2D eigenvalue weighted by molar-refractivity contribution is 0.418. The summed E-state index contributed by atoms with van der Waals surface area (Å²) in [5.74, 6) is 1.23. The number of anilines is 1. The highest BCUT2D eigenvalue weighted by Gasteiger charge is 2.12. The Morgan fingerprint density at radius 2 is 2.11 bits per heavy atom. The van der Waals surface area contributed by atoms with Crippen molar-refractivity contribution < 1.29 is 4.74 Å². The minimum Gasteiger partial charge on any atom is -0.494 e. The van der Waals surface area contributed by atoms with Crippen LogP contribution in [-0.2, 0) is 6.42 Å². The molecule has 4 heteroatoms. The maximum absolute atomic E-state index is 6.17. The number of ether oxygens (including phenoxy) is 1. The molecule has 0 saturated carbocycles. The van der Waals surface area contributed by atoms with E-state index in [1.165, 1.54) is 0 Å². The minimum absolute atomic E-state index is 0.527. The van der Waals surface area contributed by atoms with E-state index in [2.05, 4.69) is 18.8 Å². The van der Waals surface area contributed by atoms with E-state index in [1.807, 2.05) is 12.1 Å². The van der Waals surface area contributed by atoms with E-state index in [1.54, 1.807) is 13.2 Å². The van der Waals surface area contributed by atoms with E-state index >= 15 is 0 Å². The van der Waals surface area contributed by atoms with Crippen LogP contribution in [0.15, 0.2) is 18.2 Å². The van der Waals surface area contributed by atoms with Crippen molar-refractivity contribution >= 4 is 28.2 Å². The Hall–Kier alpha value is -1.48. The zero-order valence-corrected chi connectivity index (χ0v) is 11.6. The number of benzene rings is 1. The summed E-state index contributed by atoms with van der Waals surface area (Å²) in [5, 5.41) is 1.37. The van der Waals surface area contributed by atoms with Crippen LogP contribution in [0.25, 0.3) is 10.9 Å². The van der Waals surface area contributed by atoms with Crippen LogP contribution in [-0.4, -0.2) is 12.1 Å². The SMILES string of the molecule is COc1ccc(Cl)c2c(N)cc(CC(C)C)nc12. The molecular weight excluding hydrogens is 248 g/mol. The predicted octanol–water partition coefficient (Wildman–Crippen LogP) is 3.68. The molecule has 96 valence electrons. The molecular formula is C14H17ClN2O. The molecule has 0 aliphatic carbocycles. The Morgan fingerprint density at radius 3 is 2.72 bits per heavy atom. The molecule has 1 aromatic heterocycles. The number of hydrogen-bond acceptors (Lipinski definition) is 3. The van der Waals surface area contributed by atoms with Crippen molar-refractivity contribution in [1.29, 1.82) is 0 Å². The molecule has 18 heavy (non-hydrogen) atoms. The first kappa shape index (κ1) is 13.0. The Labute approximate surface area is 112 Å². The molecule has 0 fully saturated rings. The molecule has 1 heterocycles. The van der Waals surface area contributed by atoms with Crippen LogP contribution in [0, 0.1) is 5.92 Å². The van der Waals surface area contributed by atoms with Gasteiger partial charge in [-0.25, -0.2) is 4.98 Å². The third-order valence-corrected chi connectivity index (χ3v) is 3.11. The van der Waals surface area contributed by atoms with Gasteiger partial charge in [0.05, 0.1) is 12.1 Å². The number of nitrogens with zero attached hydrogens (tertiary/aromatic N) is 1. The Bertz CT molecular complexity index is 582. The largest absolute Gasteiger partial charge is 0.494 e. The van der Waals surface area contributed by atoms with Crippen molar-refractivity contribution in [3.05, 3.63) is 28.9 Å². The van der Waals surface area contributed by atoms with Gasteiger partial charge in [-0.3, -0.25) is 0 Å². The zero-order valence-electron chi connectivity index (χ0n) is 10.8. The molecule has 2 aromatic rings. The van der Waals surface area contributed by atoms with Crippen LogP contribution in [0.4, 0.5) is 5.69 Å². The van der Waals surface area contributed by atoms with E-state index in [0.29, 0.717) is 22.4 Å². The molecule has 0 unspecified atom stereocenters. The summed E-state index contributed by atoms with van der Waals surface area (Å²) in [6.07, 6.45) is 0.885. The second-order valence-electron chi connectivity index (χ2n) is 4.77. The molecule has 0 bridgehead atoms. The van der Waals surface area contributed by atoms with Gasteiger partial charge in [0.2, 0.25) is 0 Å². The van der Waals surface area contributed by atoms with Crippen LogP contribution >= 0.6 is 11.6 Å². The number of pyridine rings is 1. The van der Waals surface area contributed by atoms with Crippen LogP contribution in [0.2, 0.25) is 5.02 Å². The molecule has 0 aliphatic rings. The fraction of sp³-hybridized carbons (Fsp3) is 0.357. The van der Waals surface area contributed by atoms with E-state index in [-0.39, 0.29) is 0 Å². The number of halogens is 1. The van der Waals surface area contributed by atoms with Gasteiger partial charge in [-0.05, 0) is 30.5 Å². The molecule has 0 atom stereocenters. The second-order valence-corrected chi connectivity index (χ2v) is 5.18. The zero-order chi connectivity index (χ0) is 13.3. The maximum Gasteiger partial charge on any atom is 0.145 e. The number of methoxy groups -OCH3 is 1. The van der Waals surface area contributed by atoms with Gasteiger partial charge in [0.1, 0.15) is 11.3 Å². The van der Waals surface area contributed by atoms with Crippen molar-refractivity contribution in [2.75, 3.05) is 12.8 Å². The Morgan fingerprint density at radius 1 is 1.39 bits per heavy atom. The average Bonchev–Trinajstić information content (AvgIpc) is 2.28. The third-order valence-electron chi connectivity index (χ3n) is 2.79. The van der Waals surface area contributed by atoms with Gasteiger partial charge >= 0.3 is 0 Å². The van der Waals surface area contributed by atoms with Crippen LogP contribution in [0.5, 0.6) is 5.75 Å². The fourth-order valence-electron chi connectivity index (χ4n) is 2.05. The highest BCUT2D eigenvalue weighted by atomic mass is 35.5. The highest BCUT2D eigenvalue weighted by Crippen LogP contribution is 2.34. The lowest BCUT2D eigenvalue weighted by Crippen LogP contribution is -2.01. The topological polar surface area (TPSA) is 48.1 Å². The predicted molar refractivity (Wildman–Crippen MR) is 76.3 cm³/mol. The smallest absolute Gasteiger partial charge is 0.145 e. The Balaban J connectivity index is 2.69. The second kappa shape index (κ2) is 5.02. The summed E-state index contributed by atoms with van der Waals surface area (Å²) in [4.78, 5) is 4.62. The molecule has 0 saturated heterocycles. The summed E-state index contributed by atoms with van der Waals surface area (Å²) < 4.78 is 5.32. The molecule has 2 N–H and O–H groups in total. The maximum atomic E-state index is 6.17. The monoisotopic (exact) mass is 264 g/mol. The summed E-state index contributed by atoms with van der Waals surface area (Å²) >= 11 is 6.17. The Kier molecular flexibility index (Phi) is 3.62. The number of nitrogen functional groups attached to an aromatic ring is 1. The summed E-state index contributed by atoms with van der Waals surface area (Å²) in [6.45, 7) is 4.30. The number of aromatic nitrogens is 1. The molecule has 0 spiro atoms. The van der Waals surface area contributed by atoms with Crippen molar-refractivity contribution in [3.63, 3.8) is 0 Å². The van der Waals surface area contributed by atoms with E-state index in [0.717, 1.165) is 23.0 Å².